The van der Waals surface area contributed by atoms with Crippen molar-refractivity contribution in [3.8, 4) is 0 Å². The van der Waals surface area contributed by atoms with Gasteiger partial charge in [0.05, 0.1) is 24.0 Å². The Morgan fingerprint density at radius 3 is 1.85 bits per heavy atom. The van der Waals surface area contributed by atoms with E-state index in [9.17, 15) is 9.59 Å². The van der Waals surface area contributed by atoms with Gasteiger partial charge < -0.3 is 9.47 Å². The van der Waals surface area contributed by atoms with Gasteiger partial charge in [0.15, 0.2) is 0 Å². The minimum atomic E-state index is -0.203. The minimum Gasteiger partial charge on any atom is -0.368 e. The van der Waals surface area contributed by atoms with Crippen LogP contribution in [-0.2, 0) is 19.1 Å². The van der Waals surface area contributed by atoms with Crippen LogP contribution < -0.4 is 0 Å². The predicted molar refractivity (Wildman–Crippen MR) is 41.9 cm³/mol. The van der Waals surface area contributed by atoms with E-state index in [0.29, 0.717) is 0 Å². The fourth-order valence-corrected chi connectivity index (χ4v) is 3.82. The molecule has 0 aliphatic carbocycles. The fourth-order valence-electron chi connectivity index (χ4n) is 2.78. The quantitative estimate of drug-likeness (QED) is 0.494. The van der Waals surface area contributed by atoms with Crippen molar-refractivity contribution in [2.24, 2.45) is 11.8 Å². The number of carbonyl (C=O) groups is 2. The number of fused-ring (bicyclic) bond motifs is 8. The summed E-state index contributed by atoms with van der Waals surface area (Å²) in [6.07, 6.45) is -0.0127. The molecule has 0 aromatic heterocycles. The van der Waals surface area contributed by atoms with Gasteiger partial charge in [0.2, 0.25) is 10.2 Å². The molecular weight excluding hydrogens is 192 g/mol. The molecule has 4 fully saturated rings. The second-order valence-electron chi connectivity index (χ2n) is 3.92. The van der Waals surface area contributed by atoms with Gasteiger partial charge in [-0.3, -0.25) is 9.59 Å². The van der Waals surface area contributed by atoms with E-state index >= 15 is 0 Å². The Bertz CT molecular complexity index is 311. The van der Waals surface area contributed by atoms with E-state index in [1.165, 1.54) is 0 Å². The topological polar surface area (TPSA) is 55.9 Å². The zero-order valence-electron chi connectivity index (χ0n) is 6.51. The first-order valence-corrected chi connectivity index (χ1v) is 5.15. The summed E-state index contributed by atoms with van der Waals surface area (Å²) in [5.41, 5.74) is 0. The van der Waals surface area contributed by atoms with E-state index in [1.807, 2.05) is 0 Å². The second-order valence-corrected chi connectivity index (χ2v) is 4.93. The van der Waals surface area contributed by atoms with E-state index in [4.69, 9.17) is 9.47 Å². The first-order chi connectivity index (χ1) is 6.27. The summed E-state index contributed by atoms with van der Waals surface area (Å²) < 4.78 is 10.9. The normalized spacial score (nSPS) is 61.2. The third-order valence-electron chi connectivity index (χ3n) is 3.36. The van der Waals surface area contributed by atoms with Crippen LogP contribution in [0.25, 0.3) is 0 Å². The maximum Gasteiger partial charge on any atom is 0.203 e. The van der Waals surface area contributed by atoms with Crippen molar-refractivity contribution in [2.75, 3.05) is 0 Å². The number of hydrogen-bond donors (Lipinski definition) is 0. The summed E-state index contributed by atoms with van der Waals surface area (Å²) in [5.74, 6) is -0.405. The first kappa shape index (κ1) is 6.98. The number of ether oxygens (including phenoxy) is 2. The van der Waals surface area contributed by atoms with E-state index in [0.717, 1.165) is 11.8 Å². The molecule has 0 aromatic carbocycles. The lowest BCUT2D eigenvalue weighted by Gasteiger charge is -2.12. The molecule has 0 amide bonds. The molecule has 0 aromatic rings. The molecule has 0 N–H and O–H groups in total. The van der Waals surface area contributed by atoms with Gasteiger partial charge in [0, 0.05) is 0 Å². The molecule has 4 aliphatic heterocycles. The molecule has 68 valence electrons. The third kappa shape index (κ3) is 0.619. The van der Waals surface area contributed by atoms with Gasteiger partial charge in [-0.1, -0.05) is 0 Å². The second kappa shape index (κ2) is 1.85. The Balaban J connectivity index is 1.84. The van der Waals surface area contributed by atoms with Crippen molar-refractivity contribution >= 4 is 22.0 Å². The Hall–Kier alpha value is -0.390. The minimum absolute atomic E-state index is 0.0172. The molecule has 4 saturated heterocycles. The zero-order chi connectivity index (χ0) is 8.74. The molecule has 0 saturated carbocycles. The maximum atomic E-state index is 11.4. The number of thioether (sulfide) groups is 1. The number of carbonyl (C=O) groups excluding carboxylic acids is 2. The Morgan fingerprint density at radius 2 is 1.31 bits per heavy atom. The van der Waals surface area contributed by atoms with Crippen molar-refractivity contribution in [1.82, 2.24) is 0 Å². The molecule has 4 rings (SSSR count). The van der Waals surface area contributed by atoms with E-state index in [1.54, 1.807) is 0 Å². The van der Waals surface area contributed by atoms with Crippen LogP contribution in [0.15, 0.2) is 0 Å². The van der Waals surface area contributed by atoms with Gasteiger partial charge in [0.25, 0.3) is 0 Å². The van der Waals surface area contributed by atoms with Crippen LogP contribution in [0.5, 0.6) is 0 Å². The summed E-state index contributed by atoms with van der Waals surface area (Å²) in [6.45, 7) is 0. The van der Waals surface area contributed by atoms with Crippen LogP contribution in [0.2, 0.25) is 0 Å². The molecule has 4 aliphatic rings. The zero-order valence-corrected chi connectivity index (χ0v) is 7.32. The van der Waals surface area contributed by atoms with Crippen molar-refractivity contribution in [2.45, 2.75) is 24.4 Å². The molecule has 2 bridgehead atoms. The highest BCUT2D eigenvalue weighted by atomic mass is 32.2. The van der Waals surface area contributed by atoms with Gasteiger partial charge in [0.1, 0.15) is 12.2 Å². The lowest BCUT2D eigenvalue weighted by molar-refractivity contribution is -0.119. The predicted octanol–water partition coefficient (Wildman–Crippen LogP) is -0.433. The van der Waals surface area contributed by atoms with Gasteiger partial charge >= 0.3 is 0 Å². The molecule has 0 unspecified atom stereocenters. The fraction of sp³-hybridized carbons (Fsp3) is 0.750. The van der Waals surface area contributed by atoms with Gasteiger partial charge in [-0.05, 0) is 11.8 Å². The maximum absolute atomic E-state index is 11.4. The van der Waals surface area contributed by atoms with E-state index in [-0.39, 0.29) is 46.5 Å². The Labute approximate surface area is 77.9 Å². The van der Waals surface area contributed by atoms with E-state index in [2.05, 4.69) is 0 Å². The summed E-state index contributed by atoms with van der Waals surface area (Å²) in [4.78, 5) is 22.9. The molecule has 6 atom stereocenters. The highest BCUT2D eigenvalue weighted by Gasteiger charge is 2.74. The van der Waals surface area contributed by atoms with Crippen LogP contribution >= 0.6 is 11.8 Å². The molecule has 5 heteroatoms. The van der Waals surface area contributed by atoms with Crippen LogP contribution in [0.4, 0.5) is 0 Å². The Morgan fingerprint density at radius 1 is 0.846 bits per heavy atom. The smallest absolute Gasteiger partial charge is 0.203 e. The lowest BCUT2D eigenvalue weighted by Crippen LogP contribution is -2.34. The molecule has 13 heavy (non-hydrogen) atoms. The number of rotatable bonds is 0. The average Bonchev–Trinajstić information content (AvgIpc) is 2.58. The van der Waals surface area contributed by atoms with Crippen molar-refractivity contribution < 1.29 is 19.1 Å². The van der Waals surface area contributed by atoms with Crippen molar-refractivity contribution in [1.29, 1.82) is 0 Å². The van der Waals surface area contributed by atoms with Crippen molar-refractivity contribution in [3.63, 3.8) is 0 Å². The molecule has 4 nitrogen and oxygen atoms in total. The highest BCUT2D eigenvalue weighted by Crippen LogP contribution is 2.58. The number of epoxide rings is 1. The Kier molecular flexibility index (Phi) is 0.990. The van der Waals surface area contributed by atoms with E-state index < -0.39 is 0 Å². The van der Waals surface area contributed by atoms with Crippen LogP contribution in [-0.4, -0.2) is 34.6 Å². The molecular formula is C8H6O4S. The highest BCUT2D eigenvalue weighted by molar-refractivity contribution is 8.26. The van der Waals surface area contributed by atoms with Crippen molar-refractivity contribution in [3.05, 3.63) is 0 Å². The standard InChI is InChI=1S/C8H6O4S/c9-7-1-2(8(10)13-7)4-6-5(12-6)3(1)11-4/h1-6H/t1-,2+,3-,4+,5-,6+. The van der Waals surface area contributed by atoms with Crippen LogP contribution in [0.1, 0.15) is 0 Å². The number of hydrogen-bond acceptors (Lipinski definition) is 5. The summed E-state index contributed by atoms with van der Waals surface area (Å²) >= 11 is 0.869. The monoisotopic (exact) mass is 198 g/mol. The summed E-state index contributed by atoms with van der Waals surface area (Å²) in [6, 6.07) is 0. The largest absolute Gasteiger partial charge is 0.368 e. The first-order valence-electron chi connectivity index (χ1n) is 4.34. The van der Waals surface area contributed by atoms with Crippen LogP contribution in [0.3, 0.4) is 0 Å². The SMILES string of the molecule is O=C1SC(=O)[C@H]2[C@H]3O[C@H]([C@@H]4O[C@@H]43)[C@@H]12. The lowest BCUT2D eigenvalue weighted by atomic mass is 9.81. The van der Waals surface area contributed by atoms with Crippen LogP contribution in [0, 0.1) is 11.8 Å². The van der Waals surface area contributed by atoms with Gasteiger partial charge in [-0.2, -0.15) is 0 Å². The molecule has 0 radical (unpaired) electrons. The molecule has 4 heterocycles. The third-order valence-corrected chi connectivity index (χ3v) is 4.31. The summed E-state index contributed by atoms with van der Waals surface area (Å²) in [7, 11) is 0. The van der Waals surface area contributed by atoms with Gasteiger partial charge in [-0.15, -0.1) is 0 Å². The average molecular weight is 198 g/mol. The molecule has 0 spiro atoms. The van der Waals surface area contributed by atoms with Gasteiger partial charge in [-0.25, -0.2) is 0 Å². The summed E-state index contributed by atoms with van der Waals surface area (Å²) in [5, 5.41) is -0.0344.